The number of rotatable bonds is 3. The topological polar surface area (TPSA) is 25.4 Å². The molecule has 0 amide bonds. The minimum atomic E-state index is 0.135. The van der Waals surface area contributed by atoms with Crippen LogP contribution in [0.25, 0.3) is 0 Å². The maximum atomic E-state index is 5.76. The highest BCUT2D eigenvalue weighted by atomic mass is 32.1. The van der Waals surface area contributed by atoms with E-state index < -0.39 is 0 Å². The SMILES string of the molecule is C[C@@H]1CN(Cc2cnc(C3CC3)s2)C(C)(C)CO1. The van der Waals surface area contributed by atoms with E-state index in [1.165, 1.54) is 22.7 Å². The molecule has 0 N–H and O–H groups in total. The second kappa shape index (κ2) is 4.58. The number of ether oxygens (including phenoxy) is 1. The van der Waals surface area contributed by atoms with Crippen LogP contribution in [0.5, 0.6) is 0 Å². The summed E-state index contributed by atoms with van der Waals surface area (Å²) in [6.45, 7) is 9.55. The van der Waals surface area contributed by atoms with Crippen molar-refractivity contribution in [3.8, 4) is 0 Å². The highest BCUT2D eigenvalue weighted by Gasteiger charge is 2.34. The minimum Gasteiger partial charge on any atom is -0.375 e. The summed E-state index contributed by atoms with van der Waals surface area (Å²) in [5.41, 5.74) is 0.135. The van der Waals surface area contributed by atoms with E-state index in [9.17, 15) is 0 Å². The first kappa shape index (κ1) is 12.6. The quantitative estimate of drug-likeness (QED) is 0.841. The van der Waals surface area contributed by atoms with Crippen LogP contribution in [0.2, 0.25) is 0 Å². The lowest BCUT2D eigenvalue weighted by molar-refractivity contribution is -0.0946. The van der Waals surface area contributed by atoms with Crippen LogP contribution in [0.1, 0.15) is 49.4 Å². The van der Waals surface area contributed by atoms with E-state index in [0.29, 0.717) is 6.10 Å². The zero-order chi connectivity index (χ0) is 12.8. The Morgan fingerprint density at radius 2 is 2.28 bits per heavy atom. The molecule has 100 valence electrons. The molecule has 1 aromatic heterocycles. The molecule has 3 nitrogen and oxygen atoms in total. The summed E-state index contributed by atoms with van der Waals surface area (Å²) in [5.74, 6) is 0.778. The molecule has 2 heterocycles. The zero-order valence-electron chi connectivity index (χ0n) is 11.5. The van der Waals surface area contributed by atoms with Gasteiger partial charge in [0.25, 0.3) is 0 Å². The molecule has 1 saturated carbocycles. The van der Waals surface area contributed by atoms with Gasteiger partial charge in [0.1, 0.15) is 0 Å². The third-order valence-corrected chi connectivity index (χ3v) is 5.04. The predicted molar refractivity (Wildman–Crippen MR) is 74.0 cm³/mol. The average molecular weight is 266 g/mol. The minimum absolute atomic E-state index is 0.135. The van der Waals surface area contributed by atoms with Gasteiger partial charge < -0.3 is 4.74 Å². The molecule has 1 saturated heterocycles. The highest BCUT2D eigenvalue weighted by Crippen LogP contribution is 2.42. The lowest BCUT2D eigenvalue weighted by Gasteiger charge is -2.44. The standard InChI is InChI=1S/C14H22N2OS/c1-10-7-16(14(2,3)9-17-10)8-12-6-15-13(18-12)11-4-5-11/h6,10-11H,4-5,7-9H2,1-3H3/t10-/m1/s1. The number of nitrogens with zero attached hydrogens (tertiary/aromatic N) is 2. The van der Waals surface area contributed by atoms with Gasteiger partial charge >= 0.3 is 0 Å². The Kier molecular flexibility index (Phi) is 3.20. The van der Waals surface area contributed by atoms with Crippen molar-refractivity contribution in [2.24, 2.45) is 0 Å². The van der Waals surface area contributed by atoms with Crippen LogP contribution >= 0.6 is 11.3 Å². The van der Waals surface area contributed by atoms with Gasteiger partial charge in [-0.3, -0.25) is 4.90 Å². The molecular weight excluding hydrogens is 244 g/mol. The van der Waals surface area contributed by atoms with E-state index in [2.05, 4.69) is 36.9 Å². The fourth-order valence-corrected chi connectivity index (χ4v) is 3.53. The maximum Gasteiger partial charge on any atom is 0.0959 e. The first-order valence-corrected chi connectivity index (χ1v) is 7.67. The summed E-state index contributed by atoms with van der Waals surface area (Å²) < 4.78 is 5.76. The lowest BCUT2D eigenvalue weighted by atomic mass is 10.0. The molecule has 0 spiro atoms. The second-order valence-electron chi connectivity index (χ2n) is 6.25. The lowest BCUT2D eigenvalue weighted by Crippen LogP contribution is -2.54. The van der Waals surface area contributed by atoms with Gasteiger partial charge in [0, 0.05) is 35.6 Å². The third kappa shape index (κ3) is 2.60. The monoisotopic (exact) mass is 266 g/mol. The number of hydrogen-bond acceptors (Lipinski definition) is 4. The van der Waals surface area contributed by atoms with Gasteiger partial charge in [0.05, 0.1) is 17.7 Å². The first-order chi connectivity index (χ1) is 8.54. The number of morpholine rings is 1. The van der Waals surface area contributed by atoms with Crippen molar-refractivity contribution in [2.45, 2.75) is 57.7 Å². The van der Waals surface area contributed by atoms with Gasteiger partial charge in [-0.2, -0.15) is 0 Å². The van der Waals surface area contributed by atoms with Crippen molar-refractivity contribution in [2.75, 3.05) is 13.2 Å². The Labute approximate surface area is 113 Å². The number of aromatic nitrogens is 1. The fourth-order valence-electron chi connectivity index (χ4n) is 2.43. The Morgan fingerprint density at radius 1 is 1.50 bits per heavy atom. The van der Waals surface area contributed by atoms with Crippen molar-refractivity contribution in [3.05, 3.63) is 16.1 Å². The molecule has 2 aliphatic rings. The van der Waals surface area contributed by atoms with E-state index in [0.717, 1.165) is 25.6 Å². The van der Waals surface area contributed by atoms with E-state index in [1.807, 2.05) is 11.3 Å². The van der Waals surface area contributed by atoms with Gasteiger partial charge in [-0.15, -0.1) is 11.3 Å². The molecule has 2 fully saturated rings. The molecule has 1 aliphatic heterocycles. The van der Waals surface area contributed by atoms with E-state index in [-0.39, 0.29) is 5.54 Å². The van der Waals surface area contributed by atoms with Crippen molar-refractivity contribution in [1.29, 1.82) is 0 Å². The molecule has 4 heteroatoms. The van der Waals surface area contributed by atoms with E-state index in [1.54, 1.807) is 0 Å². The maximum absolute atomic E-state index is 5.76. The normalized spacial score (nSPS) is 28.5. The van der Waals surface area contributed by atoms with Crippen LogP contribution < -0.4 is 0 Å². The van der Waals surface area contributed by atoms with Gasteiger partial charge in [-0.25, -0.2) is 4.98 Å². The van der Waals surface area contributed by atoms with Crippen LogP contribution in [-0.2, 0) is 11.3 Å². The van der Waals surface area contributed by atoms with Crippen LogP contribution in [0.4, 0.5) is 0 Å². The summed E-state index contributed by atoms with van der Waals surface area (Å²) in [7, 11) is 0. The smallest absolute Gasteiger partial charge is 0.0959 e. The summed E-state index contributed by atoms with van der Waals surface area (Å²) >= 11 is 1.91. The fraction of sp³-hybridized carbons (Fsp3) is 0.786. The van der Waals surface area contributed by atoms with Crippen LogP contribution in [0.15, 0.2) is 6.20 Å². The highest BCUT2D eigenvalue weighted by molar-refractivity contribution is 7.11. The van der Waals surface area contributed by atoms with Gasteiger partial charge in [-0.1, -0.05) is 0 Å². The molecule has 0 unspecified atom stereocenters. The average Bonchev–Trinajstić information content (AvgIpc) is 3.06. The summed E-state index contributed by atoms with van der Waals surface area (Å²) in [6, 6.07) is 0. The van der Waals surface area contributed by atoms with Crippen molar-refractivity contribution in [1.82, 2.24) is 9.88 Å². The third-order valence-electron chi connectivity index (χ3n) is 3.90. The molecule has 0 aromatic carbocycles. The number of hydrogen-bond donors (Lipinski definition) is 0. The van der Waals surface area contributed by atoms with Crippen molar-refractivity contribution in [3.63, 3.8) is 0 Å². The molecule has 1 atom stereocenters. The molecule has 3 rings (SSSR count). The Balaban J connectivity index is 1.69. The Morgan fingerprint density at radius 3 is 3.00 bits per heavy atom. The number of thiazole rings is 1. The van der Waals surface area contributed by atoms with Crippen LogP contribution in [0.3, 0.4) is 0 Å². The first-order valence-electron chi connectivity index (χ1n) is 6.86. The summed E-state index contributed by atoms with van der Waals surface area (Å²) in [4.78, 5) is 8.51. The van der Waals surface area contributed by atoms with Crippen LogP contribution in [-0.4, -0.2) is 34.7 Å². The molecule has 1 aromatic rings. The zero-order valence-corrected chi connectivity index (χ0v) is 12.3. The molecular formula is C14H22N2OS. The largest absolute Gasteiger partial charge is 0.375 e. The molecule has 1 aliphatic carbocycles. The van der Waals surface area contributed by atoms with E-state index >= 15 is 0 Å². The second-order valence-corrected chi connectivity index (χ2v) is 7.40. The van der Waals surface area contributed by atoms with Gasteiger partial charge in [-0.05, 0) is 33.6 Å². The van der Waals surface area contributed by atoms with E-state index in [4.69, 9.17) is 4.74 Å². The Hall–Kier alpha value is -0.450. The molecule has 0 radical (unpaired) electrons. The Bertz CT molecular complexity index is 425. The van der Waals surface area contributed by atoms with Crippen molar-refractivity contribution >= 4 is 11.3 Å². The predicted octanol–water partition coefficient (Wildman–Crippen LogP) is 3.02. The van der Waals surface area contributed by atoms with Crippen LogP contribution in [0, 0.1) is 0 Å². The van der Waals surface area contributed by atoms with Gasteiger partial charge in [0.15, 0.2) is 0 Å². The molecule has 0 bridgehead atoms. The van der Waals surface area contributed by atoms with Gasteiger partial charge in [0.2, 0.25) is 0 Å². The summed E-state index contributed by atoms with van der Waals surface area (Å²) in [6.07, 6.45) is 5.10. The summed E-state index contributed by atoms with van der Waals surface area (Å²) in [5, 5.41) is 1.35. The van der Waals surface area contributed by atoms with Crippen molar-refractivity contribution < 1.29 is 4.74 Å². The molecule has 18 heavy (non-hydrogen) atoms.